The van der Waals surface area contributed by atoms with Gasteiger partial charge >= 0.3 is 5.97 Å². The molecule has 7 heteroatoms. The highest BCUT2D eigenvalue weighted by Crippen LogP contribution is 2.20. The molecule has 0 heterocycles. The second kappa shape index (κ2) is 9.19. The van der Waals surface area contributed by atoms with Crippen LogP contribution in [0.15, 0.2) is 42.5 Å². The van der Waals surface area contributed by atoms with Crippen LogP contribution in [0, 0.1) is 6.92 Å². The van der Waals surface area contributed by atoms with E-state index >= 15 is 0 Å². The van der Waals surface area contributed by atoms with Gasteiger partial charge in [-0.05, 0) is 62.7 Å². The van der Waals surface area contributed by atoms with Crippen molar-refractivity contribution in [1.82, 2.24) is 0 Å². The van der Waals surface area contributed by atoms with Crippen LogP contribution in [-0.4, -0.2) is 30.4 Å². The minimum Gasteiger partial charge on any atom is -0.482 e. The normalized spacial score (nSPS) is 11.4. The number of halogens is 1. The molecule has 0 saturated heterocycles. The number of rotatable bonds is 7. The number of hydrogen-bond donors (Lipinski definition) is 1. The molecule has 2 aromatic rings. The maximum Gasteiger partial charge on any atom is 0.344 e. The number of carbonyl (C=O) groups is 3. The molecule has 6 nitrogen and oxygen atoms in total. The Bertz CT molecular complexity index is 848. The molecule has 27 heavy (non-hydrogen) atoms. The molecule has 1 atom stereocenters. The van der Waals surface area contributed by atoms with E-state index in [9.17, 15) is 14.4 Å². The lowest BCUT2D eigenvalue weighted by Gasteiger charge is -2.15. The minimum atomic E-state index is -1.00. The summed E-state index contributed by atoms with van der Waals surface area (Å²) in [7, 11) is 0. The van der Waals surface area contributed by atoms with Gasteiger partial charge < -0.3 is 14.8 Å². The molecule has 0 aliphatic heterocycles. The predicted octanol–water partition coefficient (Wildman–Crippen LogP) is 3.80. The largest absolute Gasteiger partial charge is 0.482 e. The number of amides is 1. The van der Waals surface area contributed by atoms with E-state index in [1.807, 2.05) is 6.92 Å². The molecule has 0 bridgehead atoms. The van der Waals surface area contributed by atoms with Crippen LogP contribution in [0.1, 0.15) is 29.8 Å². The molecular formula is C20H20ClNO5. The number of aryl methyl sites for hydroxylation is 1. The quantitative estimate of drug-likeness (QED) is 0.575. The number of benzene rings is 2. The average molecular weight is 390 g/mol. The van der Waals surface area contributed by atoms with Crippen molar-refractivity contribution in [2.75, 3.05) is 11.9 Å². The number of carbonyl (C=O) groups excluding carboxylic acids is 3. The van der Waals surface area contributed by atoms with Crippen LogP contribution in [-0.2, 0) is 14.3 Å². The second-order valence-corrected chi connectivity index (χ2v) is 6.39. The maximum absolute atomic E-state index is 12.2. The molecule has 0 radical (unpaired) electrons. The van der Waals surface area contributed by atoms with Crippen LogP contribution in [0.2, 0.25) is 5.02 Å². The lowest BCUT2D eigenvalue weighted by molar-refractivity contribution is -0.155. The van der Waals surface area contributed by atoms with E-state index < -0.39 is 18.0 Å². The van der Waals surface area contributed by atoms with Gasteiger partial charge in [0.15, 0.2) is 18.5 Å². The van der Waals surface area contributed by atoms with Crippen LogP contribution < -0.4 is 10.1 Å². The number of esters is 1. The van der Waals surface area contributed by atoms with Gasteiger partial charge in [-0.2, -0.15) is 0 Å². The number of ether oxygens (including phenoxy) is 2. The second-order valence-electron chi connectivity index (χ2n) is 5.95. The molecule has 0 aliphatic carbocycles. The molecule has 0 spiro atoms. The Labute approximate surface area is 162 Å². The molecule has 2 aromatic carbocycles. The molecule has 142 valence electrons. The molecule has 0 aromatic heterocycles. The summed E-state index contributed by atoms with van der Waals surface area (Å²) in [5.41, 5.74) is 1.94. The summed E-state index contributed by atoms with van der Waals surface area (Å²) in [5, 5.41) is 3.16. The maximum atomic E-state index is 12.2. The van der Waals surface area contributed by atoms with Crippen molar-refractivity contribution in [1.29, 1.82) is 0 Å². The van der Waals surface area contributed by atoms with Crippen LogP contribution in [0.5, 0.6) is 5.75 Å². The highest BCUT2D eigenvalue weighted by Gasteiger charge is 2.19. The standard InChI is InChI=1S/C20H20ClNO5/c1-12-4-7-16(21)10-18(12)22-20(25)14(3)27-19(24)11-26-17-8-5-15(6-9-17)13(2)23/h4-10,14H,11H2,1-3H3,(H,22,25)/t14-/m0/s1. The highest BCUT2D eigenvalue weighted by molar-refractivity contribution is 6.31. The summed E-state index contributed by atoms with van der Waals surface area (Å²) in [6.45, 7) is 4.40. The molecule has 0 fully saturated rings. The van der Waals surface area contributed by atoms with Gasteiger partial charge in [-0.1, -0.05) is 17.7 Å². The Morgan fingerprint density at radius 3 is 2.41 bits per heavy atom. The average Bonchev–Trinajstić information content (AvgIpc) is 2.63. The van der Waals surface area contributed by atoms with Crippen LogP contribution >= 0.6 is 11.6 Å². The first-order valence-electron chi connectivity index (χ1n) is 8.26. The summed E-state index contributed by atoms with van der Waals surface area (Å²) in [4.78, 5) is 35.3. The summed E-state index contributed by atoms with van der Waals surface area (Å²) >= 11 is 5.92. The van der Waals surface area contributed by atoms with E-state index in [0.29, 0.717) is 22.0 Å². The van der Waals surface area contributed by atoms with Crippen LogP contribution in [0.4, 0.5) is 5.69 Å². The van der Waals surface area contributed by atoms with E-state index in [4.69, 9.17) is 21.1 Å². The van der Waals surface area contributed by atoms with Crippen molar-refractivity contribution >= 4 is 34.9 Å². The van der Waals surface area contributed by atoms with Gasteiger partial charge in [0.05, 0.1) is 0 Å². The van der Waals surface area contributed by atoms with Crippen molar-refractivity contribution in [2.24, 2.45) is 0 Å². The van der Waals surface area contributed by atoms with Crippen molar-refractivity contribution in [3.63, 3.8) is 0 Å². The molecule has 0 aliphatic rings. The first kappa shape index (κ1) is 20.5. The first-order valence-corrected chi connectivity index (χ1v) is 8.64. The summed E-state index contributed by atoms with van der Waals surface area (Å²) in [6.07, 6.45) is -1.00. The van der Waals surface area contributed by atoms with Gasteiger partial charge in [0.2, 0.25) is 0 Å². The Morgan fingerprint density at radius 1 is 1.11 bits per heavy atom. The van der Waals surface area contributed by atoms with E-state index in [0.717, 1.165) is 5.56 Å². The minimum absolute atomic E-state index is 0.0595. The molecule has 2 rings (SSSR count). The predicted molar refractivity (Wildman–Crippen MR) is 102 cm³/mol. The van der Waals surface area contributed by atoms with E-state index in [1.54, 1.807) is 42.5 Å². The van der Waals surface area contributed by atoms with Gasteiger partial charge in [-0.25, -0.2) is 4.79 Å². The third-order valence-corrected chi connectivity index (χ3v) is 3.99. The van der Waals surface area contributed by atoms with E-state index in [-0.39, 0.29) is 12.4 Å². The van der Waals surface area contributed by atoms with Crippen molar-refractivity contribution in [3.8, 4) is 5.75 Å². The molecule has 1 amide bonds. The van der Waals surface area contributed by atoms with Crippen LogP contribution in [0.3, 0.4) is 0 Å². The summed E-state index contributed by atoms with van der Waals surface area (Å²) < 4.78 is 10.4. The van der Waals surface area contributed by atoms with Crippen molar-refractivity contribution in [3.05, 3.63) is 58.6 Å². The van der Waals surface area contributed by atoms with E-state index in [1.165, 1.54) is 13.8 Å². The SMILES string of the molecule is CC(=O)c1ccc(OCC(=O)O[C@@H](C)C(=O)Nc2cc(Cl)ccc2C)cc1. The number of nitrogens with one attached hydrogen (secondary N) is 1. The van der Waals surface area contributed by atoms with Gasteiger partial charge in [-0.15, -0.1) is 0 Å². The van der Waals surface area contributed by atoms with Crippen LogP contribution in [0.25, 0.3) is 0 Å². The zero-order chi connectivity index (χ0) is 20.0. The Morgan fingerprint density at radius 2 is 1.78 bits per heavy atom. The molecule has 1 N–H and O–H groups in total. The lowest BCUT2D eigenvalue weighted by Crippen LogP contribution is -2.31. The zero-order valence-corrected chi connectivity index (χ0v) is 16.0. The van der Waals surface area contributed by atoms with Crippen molar-refractivity contribution in [2.45, 2.75) is 26.9 Å². The smallest absolute Gasteiger partial charge is 0.344 e. The fourth-order valence-electron chi connectivity index (χ4n) is 2.18. The fourth-order valence-corrected chi connectivity index (χ4v) is 2.35. The summed E-state index contributed by atoms with van der Waals surface area (Å²) in [5.74, 6) is -0.796. The fraction of sp³-hybridized carbons (Fsp3) is 0.250. The zero-order valence-electron chi connectivity index (χ0n) is 15.2. The van der Waals surface area contributed by atoms with Gasteiger partial charge in [-0.3, -0.25) is 9.59 Å². The first-order chi connectivity index (χ1) is 12.8. The Hall–Kier alpha value is -2.86. The molecular weight excluding hydrogens is 370 g/mol. The highest BCUT2D eigenvalue weighted by atomic mass is 35.5. The van der Waals surface area contributed by atoms with Crippen molar-refractivity contribution < 1.29 is 23.9 Å². The number of anilines is 1. The molecule has 0 unspecified atom stereocenters. The van der Waals surface area contributed by atoms with E-state index in [2.05, 4.69) is 5.32 Å². The molecule has 0 saturated carbocycles. The van der Waals surface area contributed by atoms with Gasteiger partial charge in [0.25, 0.3) is 5.91 Å². The Balaban J connectivity index is 1.84. The number of hydrogen-bond acceptors (Lipinski definition) is 5. The number of Topliss-reactive ketones (excluding diaryl/α,β-unsaturated/α-hetero) is 1. The monoisotopic (exact) mass is 389 g/mol. The number of ketones is 1. The lowest BCUT2D eigenvalue weighted by atomic mass is 10.1. The van der Waals surface area contributed by atoms with Gasteiger partial charge in [0.1, 0.15) is 5.75 Å². The topological polar surface area (TPSA) is 81.7 Å². The Kier molecular flexibility index (Phi) is 6.96. The summed E-state index contributed by atoms with van der Waals surface area (Å²) in [6, 6.07) is 11.5. The third-order valence-electron chi connectivity index (χ3n) is 3.75. The third kappa shape index (κ3) is 6.11. The van der Waals surface area contributed by atoms with Gasteiger partial charge in [0, 0.05) is 16.3 Å².